The van der Waals surface area contributed by atoms with Crippen LogP contribution in [0.1, 0.15) is 35.8 Å². The third-order valence-electron chi connectivity index (χ3n) is 6.45. The molecule has 1 amide bonds. The lowest BCUT2D eigenvalue weighted by atomic mass is 10.0. The van der Waals surface area contributed by atoms with Gasteiger partial charge < -0.3 is 14.5 Å². The summed E-state index contributed by atoms with van der Waals surface area (Å²) >= 11 is 0. The first kappa shape index (κ1) is 21.8. The van der Waals surface area contributed by atoms with Crippen LogP contribution in [-0.4, -0.2) is 85.7 Å². The number of sulfone groups is 1. The Balaban J connectivity index is 1.66. The number of piperidine rings is 1. The van der Waals surface area contributed by atoms with Gasteiger partial charge in [-0.05, 0) is 69.7 Å². The highest BCUT2D eigenvalue weighted by Gasteiger charge is 2.33. The maximum Gasteiger partial charge on any atom is 0.274 e. The summed E-state index contributed by atoms with van der Waals surface area (Å²) in [6, 6.07) is 9.23. The molecule has 4 rings (SSSR count). The van der Waals surface area contributed by atoms with Gasteiger partial charge in [0.25, 0.3) is 5.91 Å². The summed E-state index contributed by atoms with van der Waals surface area (Å²) < 4.78 is 31.2. The SMILES string of the molecule is COc1ccc(-c2cc(C(=O)N(C)C3CCN(C)CC3)nn2C2CCS(=O)(=O)C2)cc1. The second kappa shape index (κ2) is 8.63. The number of benzene rings is 1. The summed E-state index contributed by atoms with van der Waals surface area (Å²) in [5, 5.41) is 4.63. The highest BCUT2D eigenvalue weighted by atomic mass is 32.2. The average molecular weight is 447 g/mol. The smallest absolute Gasteiger partial charge is 0.274 e. The quantitative estimate of drug-likeness (QED) is 0.699. The number of rotatable bonds is 5. The number of methoxy groups -OCH3 is 1. The van der Waals surface area contributed by atoms with Crippen LogP contribution in [0.3, 0.4) is 0 Å². The van der Waals surface area contributed by atoms with Gasteiger partial charge in [0.2, 0.25) is 0 Å². The van der Waals surface area contributed by atoms with Gasteiger partial charge in [-0.2, -0.15) is 5.10 Å². The molecule has 9 heteroatoms. The molecule has 0 bridgehead atoms. The monoisotopic (exact) mass is 446 g/mol. The van der Waals surface area contributed by atoms with Crippen LogP contribution in [0.15, 0.2) is 30.3 Å². The van der Waals surface area contributed by atoms with Crippen molar-refractivity contribution in [2.45, 2.75) is 31.3 Å². The lowest BCUT2D eigenvalue weighted by molar-refractivity contribution is 0.0652. The molecule has 1 aromatic carbocycles. The molecule has 31 heavy (non-hydrogen) atoms. The van der Waals surface area contributed by atoms with Crippen molar-refractivity contribution in [3.05, 3.63) is 36.0 Å². The van der Waals surface area contributed by atoms with Gasteiger partial charge >= 0.3 is 0 Å². The van der Waals surface area contributed by atoms with E-state index in [0.29, 0.717) is 12.1 Å². The third-order valence-corrected chi connectivity index (χ3v) is 8.20. The van der Waals surface area contributed by atoms with E-state index < -0.39 is 9.84 Å². The molecule has 2 aliphatic rings. The van der Waals surface area contributed by atoms with Crippen LogP contribution in [0.2, 0.25) is 0 Å². The lowest BCUT2D eigenvalue weighted by Gasteiger charge is -2.34. The first-order chi connectivity index (χ1) is 14.8. The van der Waals surface area contributed by atoms with E-state index >= 15 is 0 Å². The Labute approximate surface area is 183 Å². The molecule has 1 aromatic heterocycles. The summed E-state index contributed by atoms with van der Waals surface area (Å²) in [7, 11) is 2.46. The van der Waals surface area contributed by atoms with Crippen LogP contribution >= 0.6 is 0 Å². The van der Waals surface area contributed by atoms with Crippen LogP contribution in [0.4, 0.5) is 0 Å². The van der Waals surface area contributed by atoms with Gasteiger partial charge in [-0.3, -0.25) is 9.48 Å². The molecule has 1 atom stereocenters. The van der Waals surface area contributed by atoms with Crippen molar-refractivity contribution in [2.24, 2.45) is 0 Å². The standard InChI is InChI=1S/C22H30N4O4S/c1-24-11-8-17(9-12-24)25(2)22(27)20-14-21(16-4-6-19(30-3)7-5-16)26(23-20)18-10-13-31(28,29)15-18/h4-7,14,17-18H,8-13,15H2,1-3H3. The number of aromatic nitrogens is 2. The van der Waals surface area contributed by atoms with Crippen molar-refractivity contribution in [1.29, 1.82) is 0 Å². The van der Waals surface area contributed by atoms with Gasteiger partial charge in [-0.1, -0.05) is 0 Å². The van der Waals surface area contributed by atoms with E-state index in [2.05, 4.69) is 17.0 Å². The maximum atomic E-state index is 13.3. The predicted octanol–water partition coefficient (Wildman–Crippen LogP) is 2.08. The summed E-state index contributed by atoms with van der Waals surface area (Å²) in [4.78, 5) is 17.3. The van der Waals surface area contributed by atoms with Gasteiger partial charge in [-0.15, -0.1) is 0 Å². The second-order valence-corrected chi connectivity index (χ2v) is 10.8. The van der Waals surface area contributed by atoms with E-state index in [0.717, 1.165) is 42.9 Å². The van der Waals surface area contributed by atoms with Crippen LogP contribution in [0.5, 0.6) is 5.75 Å². The maximum absolute atomic E-state index is 13.3. The number of likely N-dealkylation sites (tertiary alicyclic amines) is 1. The molecule has 168 valence electrons. The van der Waals surface area contributed by atoms with Crippen LogP contribution in [0.25, 0.3) is 11.3 Å². The van der Waals surface area contributed by atoms with Crippen LogP contribution in [-0.2, 0) is 9.84 Å². The van der Waals surface area contributed by atoms with E-state index in [1.807, 2.05) is 31.3 Å². The van der Waals surface area contributed by atoms with E-state index in [4.69, 9.17) is 4.74 Å². The predicted molar refractivity (Wildman–Crippen MR) is 119 cm³/mol. The van der Waals surface area contributed by atoms with Gasteiger partial charge in [0.05, 0.1) is 30.4 Å². The molecule has 0 saturated carbocycles. The molecule has 0 N–H and O–H groups in total. The zero-order valence-corrected chi connectivity index (χ0v) is 19.1. The van der Waals surface area contributed by atoms with Crippen molar-refractivity contribution in [3.63, 3.8) is 0 Å². The molecule has 0 radical (unpaired) electrons. The number of carbonyl (C=O) groups is 1. The van der Waals surface area contributed by atoms with E-state index in [1.54, 1.807) is 22.8 Å². The Bertz CT molecular complexity index is 1040. The Hall–Kier alpha value is -2.39. The molecule has 2 saturated heterocycles. The molecular formula is C22H30N4O4S. The number of carbonyl (C=O) groups excluding carboxylic acids is 1. The summed E-state index contributed by atoms with van der Waals surface area (Å²) in [5.74, 6) is 0.815. The molecule has 1 unspecified atom stereocenters. The molecule has 8 nitrogen and oxygen atoms in total. The third kappa shape index (κ3) is 4.62. The minimum Gasteiger partial charge on any atom is -0.497 e. The van der Waals surface area contributed by atoms with E-state index in [1.165, 1.54) is 0 Å². The number of nitrogens with zero attached hydrogens (tertiary/aromatic N) is 4. The highest BCUT2D eigenvalue weighted by Crippen LogP contribution is 2.31. The summed E-state index contributed by atoms with van der Waals surface area (Å²) in [6.07, 6.45) is 2.38. The van der Waals surface area contributed by atoms with Crippen molar-refractivity contribution in [2.75, 3.05) is 45.8 Å². The number of hydrogen-bond donors (Lipinski definition) is 0. The molecule has 2 aliphatic heterocycles. The average Bonchev–Trinajstić information content (AvgIpc) is 3.36. The highest BCUT2D eigenvalue weighted by molar-refractivity contribution is 7.91. The van der Waals surface area contributed by atoms with Crippen LogP contribution in [0, 0.1) is 0 Å². The van der Waals surface area contributed by atoms with Crippen LogP contribution < -0.4 is 4.74 Å². The lowest BCUT2D eigenvalue weighted by Crippen LogP contribution is -2.44. The van der Waals surface area contributed by atoms with Crippen molar-refractivity contribution in [3.8, 4) is 17.0 Å². The van der Waals surface area contributed by atoms with Gasteiger partial charge in [-0.25, -0.2) is 8.42 Å². The Kier molecular flexibility index (Phi) is 6.07. The molecule has 0 aliphatic carbocycles. The minimum absolute atomic E-state index is 0.0518. The number of amides is 1. The van der Waals surface area contributed by atoms with Gasteiger partial charge in [0.15, 0.2) is 15.5 Å². The fraction of sp³-hybridized carbons (Fsp3) is 0.545. The second-order valence-electron chi connectivity index (χ2n) is 8.60. The number of hydrogen-bond acceptors (Lipinski definition) is 6. The number of ether oxygens (including phenoxy) is 1. The molecule has 3 heterocycles. The molecule has 0 spiro atoms. The summed E-state index contributed by atoms with van der Waals surface area (Å²) in [5.41, 5.74) is 1.99. The van der Waals surface area contributed by atoms with E-state index in [9.17, 15) is 13.2 Å². The normalized spacial score (nSPS) is 21.8. The van der Waals surface area contributed by atoms with Crippen molar-refractivity contribution >= 4 is 15.7 Å². The fourth-order valence-electron chi connectivity index (χ4n) is 4.45. The first-order valence-electron chi connectivity index (χ1n) is 10.7. The minimum atomic E-state index is -3.08. The fourth-order valence-corrected chi connectivity index (χ4v) is 6.14. The Morgan fingerprint density at radius 3 is 2.42 bits per heavy atom. The Morgan fingerprint density at radius 2 is 1.84 bits per heavy atom. The molecule has 2 fully saturated rings. The zero-order chi connectivity index (χ0) is 22.2. The van der Waals surface area contributed by atoms with E-state index in [-0.39, 0.29) is 29.5 Å². The van der Waals surface area contributed by atoms with Gasteiger partial charge in [0.1, 0.15) is 5.75 Å². The Morgan fingerprint density at radius 1 is 1.16 bits per heavy atom. The largest absolute Gasteiger partial charge is 0.497 e. The van der Waals surface area contributed by atoms with Crippen molar-refractivity contribution < 1.29 is 17.9 Å². The summed E-state index contributed by atoms with van der Waals surface area (Å²) in [6.45, 7) is 1.93. The van der Waals surface area contributed by atoms with Crippen molar-refractivity contribution in [1.82, 2.24) is 19.6 Å². The van der Waals surface area contributed by atoms with Gasteiger partial charge in [0, 0.05) is 18.7 Å². The molecule has 2 aromatic rings. The first-order valence-corrected chi connectivity index (χ1v) is 12.5. The molecular weight excluding hydrogens is 416 g/mol. The topological polar surface area (TPSA) is 84.7 Å². The zero-order valence-electron chi connectivity index (χ0n) is 18.3.